The van der Waals surface area contributed by atoms with Crippen LogP contribution in [0.3, 0.4) is 0 Å². The Hall–Kier alpha value is -1.68. The number of carbonyl (C=O) groups excluding carboxylic acids is 1. The van der Waals surface area contributed by atoms with E-state index in [0.29, 0.717) is 12.4 Å². The molecule has 90 valence electrons. The molecule has 0 radical (unpaired) electrons. The fourth-order valence-corrected chi connectivity index (χ4v) is 1.83. The van der Waals surface area contributed by atoms with Gasteiger partial charge in [-0.3, -0.25) is 0 Å². The van der Waals surface area contributed by atoms with E-state index < -0.39 is 0 Å². The topological polar surface area (TPSA) is 56.9 Å². The van der Waals surface area contributed by atoms with Crippen molar-refractivity contribution in [2.75, 3.05) is 17.7 Å². The number of nitrogens with one attached hydrogen (secondary N) is 3. The third-order valence-corrected chi connectivity index (χ3v) is 2.62. The third kappa shape index (κ3) is 2.71. The number of halogens is 1. The molecule has 3 N–H and O–H groups in total. The van der Waals surface area contributed by atoms with Crippen molar-refractivity contribution in [1.82, 2.24) is 10.3 Å². The first-order valence-electron chi connectivity index (χ1n) is 5.40. The fraction of sp³-hybridized carbons (Fsp3) is 0.250. The molecule has 4 nitrogen and oxygen atoms in total. The van der Waals surface area contributed by atoms with E-state index in [1.807, 2.05) is 31.2 Å². The van der Waals surface area contributed by atoms with Crippen molar-refractivity contribution in [2.24, 2.45) is 0 Å². The molecular weight excluding hydrogens is 238 g/mol. The summed E-state index contributed by atoms with van der Waals surface area (Å²) in [6.45, 7) is 2.44. The molecule has 1 aromatic heterocycles. The van der Waals surface area contributed by atoms with Crippen LogP contribution in [-0.2, 0) is 0 Å². The number of hydrogen-bond donors (Lipinski definition) is 3. The maximum Gasteiger partial charge on any atom is 0.319 e. The summed E-state index contributed by atoms with van der Waals surface area (Å²) < 4.78 is 0. The Labute approximate surface area is 104 Å². The largest absolute Gasteiger partial charge is 0.359 e. The van der Waals surface area contributed by atoms with Crippen LogP contribution in [0.1, 0.15) is 5.69 Å². The lowest BCUT2D eigenvalue weighted by atomic mass is 10.2. The minimum Gasteiger partial charge on any atom is -0.359 e. The van der Waals surface area contributed by atoms with Gasteiger partial charge < -0.3 is 15.6 Å². The van der Waals surface area contributed by atoms with Crippen LogP contribution in [0.2, 0.25) is 0 Å². The zero-order chi connectivity index (χ0) is 12.3. The van der Waals surface area contributed by atoms with Crippen LogP contribution in [0.4, 0.5) is 10.5 Å². The van der Waals surface area contributed by atoms with E-state index in [1.54, 1.807) is 0 Å². The van der Waals surface area contributed by atoms with Crippen molar-refractivity contribution in [3.63, 3.8) is 0 Å². The number of H-pyrrole nitrogens is 1. The maximum atomic E-state index is 11.5. The van der Waals surface area contributed by atoms with Gasteiger partial charge in [-0.15, -0.1) is 11.6 Å². The first-order chi connectivity index (χ1) is 8.20. The summed E-state index contributed by atoms with van der Waals surface area (Å²) in [5.41, 5.74) is 2.87. The zero-order valence-corrected chi connectivity index (χ0v) is 10.3. The van der Waals surface area contributed by atoms with Crippen LogP contribution < -0.4 is 10.6 Å². The average molecular weight is 252 g/mol. The number of anilines is 1. The van der Waals surface area contributed by atoms with E-state index in [0.717, 1.165) is 22.3 Å². The number of alkyl halides is 1. The molecule has 0 saturated carbocycles. The van der Waals surface area contributed by atoms with Crippen molar-refractivity contribution < 1.29 is 4.79 Å². The first kappa shape index (κ1) is 11.8. The number of rotatable bonds is 3. The Morgan fingerprint density at radius 3 is 3.06 bits per heavy atom. The number of fused-ring (bicyclic) bond motifs is 1. The highest BCUT2D eigenvalue weighted by Gasteiger charge is 2.06. The molecule has 0 atom stereocenters. The van der Waals surface area contributed by atoms with Crippen molar-refractivity contribution >= 4 is 34.2 Å². The third-order valence-electron chi connectivity index (χ3n) is 2.43. The average Bonchev–Trinajstić information content (AvgIpc) is 2.68. The molecule has 0 fully saturated rings. The molecule has 5 heteroatoms. The van der Waals surface area contributed by atoms with Crippen molar-refractivity contribution in [3.05, 3.63) is 30.0 Å². The number of carbonyl (C=O) groups is 1. The van der Waals surface area contributed by atoms with E-state index in [2.05, 4.69) is 15.6 Å². The maximum absolute atomic E-state index is 11.5. The summed E-state index contributed by atoms with van der Waals surface area (Å²) in [5, 5.41) is 6.47. The van der Waals surface area contributed by atoms with Gasteiger partial charge in [0.15, 0.2) is 0 Å². The van der Waals surface area contributed by atoms with Gasteiger partial charge in [-0.2, -0.15) is 0 Å². The molecule has 1 heterocycles. The minimum absolute atomic E-state index is 0.239. The van der Waals surface area contributed by atoms with Crippen molar-refractivity contribution in [2.45, 2.75) is 6.92 Å². The number of amides is 2. The van der Waals surface area contributed by atoms with Gasteiger partial charge in [0.2, 0.25) is 0 Å². The molecule has 0 unspecified atom stereocenters. The summed E-state index contributed by atoms with van der Waals surface area (Å²) in [5.74, 6) is 0.404. The standard InChI is InChI=1S/C12H14ClN3O/c1-8-7-9-10(15-8)3-2-4-11(9)16-12(17)14-6-5-13/h2-4,7,15H,5-6H2,1H3,(H2,14,16,17). The number of aryl methyl sites for hydroxylation is 1. The van der Waals surface area contributed by atoms with Gasteiger partial charge in [-0.1, -0.05) is 6.07 Å². The normalized spacial score (nSPS) is 10.5. The lowest BCUT2D eigenvalue weighted by Crippen LogP contribution is -2.30. The molecule has 2 aromatic rings. The zero-order valence-electron chi connectivity index (χ0n) is 9.51. The molecule has 2 amide bonds. The van der Waals surface area contributed by atoms with E-state index in [1.165, 1.54) is 0 Å². The summed E-state index contributed by atoms with van der Waals surface area (Å²) in [6.07, 6.45) is 0. The van der Waals surface area contributed by atoms with E-state index >= 15 is 0 Å². The summed E-state index contributed by atoms with van der Waals surface area (Å²) in [4.78, 5) is 14.8. The second-order valence-electron chi connectivity index (χ2n) is 3.79. The van der Waals surface area contributed by atoms with Crippen molar-refractivity contribution in [1.29, 1.82) is 0 Å². The molecule has 1 aromatic carbocycles. The Balaban J connectivity index is 2.20. The van der Waals surface area contributed by atoms with E-state index in [-0.39, 0.29) is 6.03 Å². The quantitative estimate of drug-likeness (QED) is 0.722. The lowest BCUT2D eigenvalue weighted by molar-refractivity contribution is 0.252. The predicted octanol–water partition coefficient (Wildman–Crippen LogP) is 2.84. The number of benzene rings is 1. The summed E-state index contributed by atoms with van der Waals surface area (Å²) in [6, 6.07) is 7.51. The van der Waals surface area contributed by atoms with Gasteiger partial charge in [0.1, 0.15) is 0 Å². The molecule has 0 bridgehead atoms. The van der Waals surface area contributed by atoms with Crippen molar-refractivity contribution in [3.8, 4) is 0 Å². The van der Waals surface area contributed by atoms with Gasteiger partial charge in [0.05, 0.1) is 5.69 Å². The highest BCUT2D eigenvalue weighted by molar-refractivity contribution is 6.18. The molecule has 17 heavy (non-hydrogen) atoms. The van der Waals surface area contributed by atoms with Crippen LogP contribution in [0.25, 0.3) is 10.9 Å². The molecule has 0 aliphatic rings. The summed E-state index contributed by atoms with van der Waals surface area (Å²) in [7, 11) is 0. The minimum atomic E-state index is -0.239. The van der Waals surface area contributed by atoms with Gasteiger partial charge in [0.25, 0.3) is 0 Å². The monoisotopic (exact) mass is 251 g/mol. The second-order valence-corrected chi connectivity index (χ2v) is 4.17. The fourth-order valence-electron chi connectivity index (χ4n) is 1.73. The number of urea groups is 1. The molecule has 0 saturated heterocycles. The lowest BCUT2D eigenvalue weighted by Gasteiger charge is -2.07. The molecule has 2 rings (SSSR count). The Bertz CT molecular complexity index is 536. The highest BCUT2D eigenvalue weighted by atomic mass is 35.5. The Morgan fingerprint density at radius 1 is 1.47 bits per heavy atom. The molecular formula is C12H14ClN3O. The second kappa shape index (κ2) is 5.10. The highest BCUT2D eigenvalue weighted by Crippen LogP contribution is 2.23. The number of aromatic nitrogens is 1. The van der Waals surface area contributed by atoms with Crippen LogP contribution in [0, 0.1) is 6.92 Å². The predicted molar refractivity (Wildman–Crippen MR) is 70.8 cm³/mol. The van der Waals surface area contributed by atoms with E-state index in [9.17, 15) is 4.79 Å². The van der Waals surface area contributed by atoms with Crippen LogP contribution in [0.15, 0.2) is 24.3 Å². The smallest absolute Gasteiger partial charge is 0.319 e. The van der Waals surface area contributed by atoms with E-state index in [4.69, 9.17) is 11.6 Å². The SMILES string of the molecule is Cc1cc2c(NC(=O)NCCCl)cccc2[nH]1. The Morgan fingerprint density at radius 2 is 2.29 bits per heavy atom. The molecule has 0 aliphatic carbocycles. The number of aromatic amines is 1. The van der Waals surface area contributed by atoms with Gasteiger partial charge in [-0.05, 0) is 25.1 Å². The van der Waals surface area contributed by atoms with Crippen LogP contribution >= 0.6 is 11.6 Å². The Kier molecular flexibility index (Phi) is 3.54. The van der Waals surface area contributed by atoms with Gasteiger partial charge >= 0.3 is 6.03 Å². The molecule has 0 aliphatic heterocycles. The van der Waals surface area contributed by atoms with Gasteiger partial charge in [-0.25, -0.2) is 4.79 Å². The van der Waals surface area contributed by atoms with Gasteiger partial charge in [0, 0.05) is 29.0 Å². The number of hydrogen-bond acceptors (Lipinski definition) is 1. The first-order valence-corrected chi connectivity index (χ1v) is 5.93. The van der Waals surface area contributed by atoms with Crippen LogP contribution in [-0.4, -0.2) is 23.4 Å². The van der Waals surface area contributed by atoms with Crippen LogP contribution in [0.5, 0.6) is 0 Å². The summed E-state index contributed by atoms with van der Waals surface area (Å²) >= 11 is 5.50. The molecule has 0 spiro atoms.